The first kappa shape index (κ1) is 14.3. The highest BCUT2D eigenvalue weighted by Gasteiger charge is 2.13. The van der Waals surface area contributed by atoms with Crippen LogP contribution >= 0.6 is 11.3 Å². The monoisotopic (exact) mass is 310 g/mol. The Hall–Kier alpha value is -2.66. The van der Waals surface area contributed by atoms with Crippen molar-refractivity contribution in [2.75, 3.05) is 5.32 Å². The van der Waals surface area contributed by atoms with Crippen molar-refractivity contribution in [3.8, 4) is 5.75 Å². The van der Waals surface area contributed by atoms with Crippen molar-refractivity contribution < 1.29 is 9.53 Å². The van der Waals surface area contributed by atoms with Gasteiger partial charge in [-0.25, -0.2) is 4.98 Å². The molecule has 1 amide bonds. The molecule has 0 aliphatic carbocycles. The zero-order valence-corrected chi connectivity index (χ0v) is 12.5. The van der Waals surface area contributed by atoms with E-state index >= 15 is 0 Å². The van der Waals surface area contributed by atoms with Crippen LogP contribution in [0.1, 0.15) is 15.9 Å². The number of para-hydroxylation sites is 1. The van der Waals surface area contributed by atoms with Crippen LogP contribution in [0.15, 0.2) is 66.2 Å². The van der Waals surface area contributed by atoms with Gasteiger partial charge in [0.05, 0.1) is 5.56 Å². The van der Waals surface area contributed by atoms with Gasteiger partial charge in [-0.15, -0.1) is 11.3 Å². The molecule has 0 radical (unpaired) electrons. The number of ether oxygens (including phenoxy) is 1. The molecular formula is C17H14N2O2S. The number of carbonyl (C=O) groups excluding carboxylic acids is 1. The summed E-state index contributed by atoms with van der Waals surface area (Å²) >= 11 is 1.38. The highest BCUT2D eigenvalue weighted by molar-refractivity contribution is 7.13. The Labute approximate surface area is 132 Å². The molecule has 0 atom stereocenters. The second-order valence-corrected chi connectivity index (χ2v) is 5.46. The largest absolute Gasteiger partial charge is 0.488 e. The number of hydrogen-bond donors (Lipinski definition) is 1. The zero-order chi connectivity index (χ0) is 15.2. The van der Waals surface area contributed by atoms with Crippen molar-refractivity contribution >= 4 is 22.4 Å². The molecule has 1 heterocycles. The molecule has 0 fully saturated rings. The van der Waals surface area contributed by atoms with Crippen LogP contribution in [0.2, 0.25) is 0 Å². The lowest BCUT2D eigenvalue weighted by molar-refractivity contribution is 0.102. The fourth-order valence-corrected chi connectivity index (χ4v) is 2.49. The SMILES string of the molecule is O=C(Nc1nccs1)c1ccccc1OCc1ccccc1. The molecule has 0 unspecified atom stereocenters. The second kappa shape index (κ2) is 6.87. The molecule has 1 N–H and O–H groups in total. The Morgan fingerprint density at radius 1 is 1.09 bits per heavy atom. The van der Waals surface area contributed by atoms with Gasteiger partial charge in [0.15, 0.2) is 5.13 Å². The summed E-state index contributed by atoms with van der Waals surface area (Å²) < 4.78 is 5.79. The van der Waals surface area contributed by atoms with Gasteiger partial charge in [-0.05, 0) is 17.7 Å². The minimum Gasteiger partial charge on any atom is -0.488 e. The van der Waals surface area contributed by atoms with E-state index in [1.807, 2.05) is 47.8 Å². The lowest BCUT2D eigenvalue weighted by atomic mass is 10.2. The summed E-state index contributed by atoms with van der Waals surface area (Å²) in [6, 6.07) is 17.0. The standard InChI is InChI=1S/C17H14N2O2S/c20-16(19-17-18-10-11-22-17)14-8-4-5-9-15(14)21-12-13-6-2-1-3-7-13/h1-11H,12H2,(H,18,19,20). The number of hydrogen-bond acceptors (Lipinski definition) is 4. The third-order valence-corrected chi connectivity index (χ3v) is 3.71. The summed E-state index contributed by atoms with van der Waals surface area (Å²) in [5.41, 5.74) is 1.55. The van der Waals surface area contributed by atoms with Crippen molar-refractivity contribution in [1.82, 2.24) is 4.98 Å². The van der Waals surface area contributed by atoms with Crippen LogP contribution < -0.4 is 10.1 Å². The molecule has 3 rings (SSSR count). The summed E-state index contributed by atoms with van der Waals surface area (Å²) in [7, 11) is 0. The maximum Gasteiger partial charge on any atom is 0.261 e. The number of aromatic nitrogens is 1. The molecule has 4 nitrogen and oxygen atoms in total. The molecule has 0 spiro atoms. The second-order valence-electron chi connectivity index (χ2n) is 4.56. The van der Waals surface area contributed by atoms with Gasteiger partial charge in [0.25, 0.3) is 5.91 Å². The van der Waals surface area contributed by atoms with Gasteiger partial charge in [-0.3, -0.25) is 10.1 Å². The Bertz CT molecular complexity index is 742. The summed E-state index contributed by atoms with van der Waals surface area (Å²) in [6.45, 7) is 0.419. The van der Waals surface area contributed by atoms with Crippen LogP contribution in [0.4, 0.5) is 5.13 Å². The predicted molar refractivity (Wildman–Crippen MR) is 87.3 cm³/mol. The number of thiazole rings is 1. The lowest BCUT2D eigenvalue weighted by Gasteiger charge is -2.11. The van der Waals surface area contributed by atoms with E-state index in [2.05, 4.69) is 10.3 Å². The van der Waals surface area contributed by atoms with Crippen LogP contribution in [0.25, 0.3) is 0 Å². The topological polar surface area (TPSA) is 51.2 Å². The Balaban J connectivity index is 1.73. The Morgan fingerprint density at radius 3 is 2.64 bits per heavy atom. The van der Waals surface area contributed by atoms with Gasteiger partial charge in [-0.1, -0.05) is 42.5 Å². The summed E-state index contributed by atoms with van der Waals surface area (Å²) in [4.78, 5) is 16.4. The summed E-state index contributed by atoms with van der Waals surface area (Å²) in [5.74, 6) is 0.332. The first-order valence-electron chi connectivity index (χ1n) is 6.79. The zero-order valence-electron chi connectivity index (χ0n) is 11.7. The van der Waals surface area contributed by atoms with E-state index in [9.17, 15) is 4.79 Å². The average molecular weight is 310 g/mol. The number of amides is 1. The van der Waals surface area contributed by atoms with Crippen molar-refractivity contribution in [3.05, 3.63) is 77.3 Å². The average Bonchev–Trinajstić information content (AvgIpc) is 3.07. The number of carbonyl (C=O) groups is 1. The molecule has 3 aromatic rings. The minimum atomic E-state index is -0.224. The maximum atomic E-state index is 12.3. The van der Waals surface area contributed by atoms with E-state index < -0.39 is 0 Å². The van der Waals surface area contributed by atoms with E-state index in [1.165, 1.54) is 11.3 Å². The first-order chi connectivity index (χ1) is 10.8. The quantitative estimate of drug-likeness (QED) is 0.775. The van der Waals surface area contributed by atoms with E-state index in [0.717, 1.165) is 5.56 Å². The Kier molecular flexibility index (Phi) is 4.46. The molecule has 110 valence electrons. The number of anilines is 1. The van der Waals surface area contributed by atoms with Gasteiger partial charge in [0.2, 0.25) is 0 Å². The number of rotatable bonds is 5. The van der Waals surface area contributed by atoms with Crippen LogP contribution in [-0.2, 0) is 6.61 Å². The highest BCUT2D eigenvalue weighted by atomic mass is 32.1. The third kappa shape index (κ3) is 3.51. The number of benzene rings is 2. The summed E-state index contributed by atoms with van der Waals surface area (Å²) in [6.07, 6.45) is 1.65. The Morgan fingerprint density at radius 2 is 1.86 bits per heavy atom. The van der Waals surface area contributed by atoms with Crippen LogP contribution in [0.3, 0.4) is 0 Å². The van der Waals surface area contributed by atoms with Crippen molar-refractivity contribution in [3.63, 3.8) is 0 Å². The fraction of sp³-hybridized carbons (Fsp3) is 0.0588. The third-order valence-electron chi connectivity index (χ3n) is 3.02. The van der Waals surface area contributed by atoms with Gasteiger partial charge in [-0.2, -0.15) is 0 Å². The van der Waals surface area contributed by atoms with Gasteiger partial charge < -0.3 is 4.74 Å². The van der Waals surface area contributed by atoms with E-state index in [0.29, 0.717) is 23.1 Å². The molecule has 0 bridgehead atoms. The van der Waals surface area contributed by atoms with Gasteiger partial charge in [0.1, 0.15) is 12.4 Å². The molecule has 0 saturated carbocycles. The van der Waals surface area contributed by atoms with Crippen LogP contribution in [0.5, 0.6) is 5.75 Å². The van der Waals surface area contributed by atoms with E-state index in [1.54, 1.807) is 18.3 Å². The van der Waals surface area contributed by atoms with Crippen molar-refractivity contribution in [2.45, 2.75) is 6.61 Å². The van der Waals surface area contributed by atoms with Crippen molar-refractivity contribution in [2.24, 2.45) is 0 Å². The van der Waals surface area contributed by atoms with E-state index in [4.69, 9.17) is 4.74 Å². The highest BCUT2D eigenvalue weighted by Crippen LogP contribution is 2.21. The molecule has 0 aliphatic rings. The molecule has 5 heteroatoms. The van der Waals surface area contributed by atoms with Gasteiger partial charge >= 0.3 is 0 Å². The molecule has 1 aromatic heterocycles. The maximum absolute atomic E-state index is 12.3. The molecule has 0 saturated heterocycles. The molecule has 22 heavy (non-hydrogen) atoms. The fourth-order valence-electron chi connectivity index (χ4n) is 1.97. The predicted octanol–water partition coefficient (Wildman–Crippen LogP) is 3.97. The normalized spacial score (nSPS) is 10.2. The number of nitrogens with zero attached hydrogens (tertiary/aromatic N) is 1. The van der Waals surface area contributed by atoms with E-state index in [-0.39, 0.29) is 5.91 Å². The first-order valence-corrected chi connectivity index (χ1v) is 7.67. The van der Waals surface area contributed by atoms with Crippen LogP contribution in [-0.4, -0.2) is 10.9 Å². The van der Waals surface area contributed by atoms with Crippen molar-refractivity contribution in [1.29, 1.82) is 0 Å². The van der Waals surface area contributed by atoms with Crippen LogP contribution in [0, 0.1) is 0 Å². The molecule has 2 aromatic carbocycles. The molecular weight excluding hydrogens is 296 g/mol. The molecule has 0 aliphatic heterocycles. The lowest BCUT2D eigenvalue weighted by Crippen LogP contribution is -2.13. The smallest absolute Gasteiger partial charge is 0.261 e. The van der Waals surface area contributed by atoms with Gasteiger partial charge in [0, 0.05) is 11.6 Å². The number of nitrogens with one attached hydrogen (secondary N) is 1. The minimum absolute atomic E-state index is 0.224. The summed E-state index contributed by atoms with van der Waals surface area (Å²) in [5, 5.41) is 5.15.